The summed E-state index contributed by atoms with van der Waals surface area (Å²) in [4.78, 5) is 28.5. The maximum Gasteiger partial charge on any atom is 0.267 e. The van der Waals surface area contributed by atoms with Gasteiger partial charge in [0.05, 0.1) is 0 Å². The molecule has 2 amide bonds. The van der Waals surface area contributed by atoms with Crippen LogP contribution in [0.25, 0.3) is 6.08 Å². The number of benzene rings is 1. The van der Waals surface area contributed by atoms with E-state index in [-0.39, 0.29) is 18.4 Å². The lowest BCUT2D eigenvalue weighted by atomic mass is 10.2. The zero-order chi connectivity index (χ0) is 18.6. The third-order valence-corrected chi connectivity index (χ3v) is 5.35. The van der Waals surface area contributed by atoms with Crippen LogP contribution in [0.1, 0.15) is 5.56 Å². The number of hydrogen-bond donors (Lipinski definition) is 0. The van der Waals surface area contributed by atoms with Crippen LogP contribution >= 0.6 is 11.3 Å². The van der Waals surface area contributed by atoms with Gasteiger partial charge in [0.1, 0.15) is 6.61 Å². The first-order valence-corrected chi connectivity index (χ1v) is 9.81. The van der Waals surface area contributed by atoms with E-state index in [4.69, 9.17) is 9.47 Å². The van der Waals surface area contributed by atoms with Crippen LogP contribution < -0.4 is 9.47 Å². The molecule has 0 radical (unpaired) electrons. The SMILES string of the molecule is O=C(/C=C/c1ccsc1)N1CCN(C(=O)C2COc3ccccc3O2)CC1. The summed E-state index contributed by atoms with van der Waals surface area (Å²) in [6.45, 7) is 2.24. The van der Waals surface area contributed by atoms with E-state index in [9.17, 15) is 9.59 Å². The third-order valence-electron chi connectivity index (χ3n) is 4.65. The Hall–Kier alpha value is -2.80. The first-order chi connectivity index (χ1) is 13.2. The molecule has 2 aliphatic rings. The molecule has 1 fully saturated rings. The van der Waals surface area contributed by atoms with Gasteiger partial charge in [-0.3, -0.25) is 9.59 Å². The number of rotatable bonds is 3. The predicted molar refractivity (Wildman–Crippen MR) is 103 cm³/mol. The lowest BCUT2D eigenvalue weighted by Gasteiger charge is -2.36. The summed E-state index contributed by atoms with van der Waals surface area (Å²) in [6, 6.07) is 9.31. The van der Waals surface area contributed by atoms with Gasteiger partial charge in [-0.25, -0.2) is 0 Å². The molecule has 6 nitrogen and oxygen atoms in total. The van der Waals surface area contributed by atoms with Crippen LogP contribution in [0.15, 0.2) is 47.2 Å². The molecule has 1 saturated heterocycles. The van der Waals surface area contributed by atoms with E-state index in [1.54, 1.807) is 33.3 Å². The van der Waals surface area contributed by atoms with Gasteiger partial charge < -0.3 is 19.3 Å². The van der Waals surface area contributed by atoms with Crippen LogP contribution in [-0.2, 0) is 9.59 Å². The fraction of sp³-hybridized carbons (Fsp3) is 0.300. The highest BCUT2D eigenvalue weighted by molar-refractivity contribution is 7.08. The highest BCUT2D eigenvalue weighted by atomic mass is 32.1. The van der Waals surface area contributed by atoms with Crippen LogP contribution in [0.5, 0.6) is 11.5 Å². The largest absolute Gasteiger partial charge is 0.485 e. The van der Waals surface area contributed by atoms with E-state index >= 15 is 0 Å². The first-order valence-electron chi connectivity index (χ1n) is 8.87. The van der Waals surface area contributed by atoms with Crippen molar-refractivity contribution in [3.8, 4) is 11.5 Å². The highest BCUT2D eigenvalue weighted by Crippen LogP contribution is 2.31. The molecule has 2 aliphatic heterocycles. The molecule has 1 unspecified atom stereocenters. The maximum absolute atomic E-state index is 12.7. The zero-order valence-corrected chi connectivity index (χ0v) is 15.6. The molecule has 2 aromatic rings. The maximum atomic E-state index is 12.7. The minimum absolute atomic E-state index is 0.0283. The summed E-state index contributed by atoms with van der Waals surface area (Å²) in [6.07, 6.45) is 2.77. The molecular formula is C20H20N2O4S. The van der Waals surface area contributed by atoms with Gasteiger partial charge in [-0.2, -0.15) is 11.3 Å². The predicted octanol–water partition coefficient (Wildman–Crippen LogP) is 2.27. The molecule has 1 aromatic heterocycles. The van der Waals surface area contributed by atoms with Gasteiger partial charge in [0.25, 0.3) is 5.91 Å². The monoisotopic (exact) mass is 384 g/mol. The quantitative estimate of drug-likeness (QED) is 0.762. The topological polar surface area (TPSA) is 59.1 Å². The Morgan fingerprint density at radius 1 is 1.04 bits per heavy atom. The Morgan fingerprint density at radius 3 is 2.52 bits per heavy atom. The van der Waals surface area contributed by atoms with Gasteiger partial charge >= 0.3 is 0 Å². The normalized spacial score (nSPS) is 19.3. The van der Waals surface area contributed by atoms with Gasteiger partial charge in [-0.05, 0) is 40.6 Å². The van der Waals surface area contributed by atoms with E-state index in [1.165, 1.54) is 0 Å². The molecule has 27 heavy (non-hydrogen) atoms. The lowest BCUT2D eigenvalue weighted by Crippen LogP contribution is -2.54. The van der Waals surface area contributed by atoms with Crippen molar-refractivity contribution in [1.82, 2.24) is 9.80 Å². The Labute approximate surface area is 161 Å². The van der Waals surface area contributed by atoms with Gasteiger partial charge in [-0.1, -0.05) is 12.1 Å². The number of thiophene rings is 1. The number of carbonyl (C=O) groups excluding carboxylic acids is 2. The zero-order valence-electron chi connectivity index (χ0n) is 14.7. The number of hydrogen-bond acceptors (Lipinski definition) is 5. The Kier molecular flexibility index (Phi) is 5.11. The van der Waals surface area contributed by atoms with Crippen molar-refractivity contribution in [3.05, 3.63) is 52.7 Å². The van der Waals surface area contributed by atoms with Crippen molar-refractivity contribution in [2.75, 3.05) is 32.8 Å². The minimum atomic E-state index is -0.638. The Bertz CT molecular complexity index is 841. The Morgan fingerprint density at radius 2 is 1.78 bits per heavy atom. The molecule has 1 aromatic carbocycles. The smallest absolute Gasteiger partial charge is 0.267 e. The number of piperazine rings is 1. The highest BCUT2D eigenvalue weighted by Gasteiger charge is 2.33. The lowest BCUT2D eigenvalue weighted by molar-refractivity contribution is -0.145. The molecule has 4 rings (SSSR count). The van der Waals surface area contributed by atoms with Crippen molar-refractivity contribution in [1.29, 1.82) is 0 Å². The molecule has 7 heteroatoms. The average Bonchev–Trinajstić information content (AvgIpc) is 3.25. The number of fused-ring (bicyclic) bond motifs is 1. The van der Waals surface area contributed by atoms with Gasteiger partial charge in [-0.15, -0.1) is 0 Å². The molecule has 1 atom stereocenters. The standard InChI is InChI=1S/C20H20N2O4S/c23-19(6-5-15-7-12-27-14-15)21-8-10-22(11-9-21)20(24)18-13-25-16-3-1-2-4-17(16)26-18/h1-7,12,14,18H,8-11,13H2/b6-5+. The second-order valence-electron chi connectivity index (χ2n) is 6.40. The third kappa shape index (κ3) is 3.98. The molecule has 0 aliphatic carbocycles. The molecule has 0 N–H and O–H groups in total. The minimum Gasteiger partial charge on any atom is -0.485 e. The summed E-state index contributed by atoms with van der Waals surface area (Å²) >= 11 is 1.60. The average molecular weight is 384 g/mol. The van der Waals surface area contributed by atoms with E-state index in [2.05, 4.69) is 0 Å². The second-order valence-corrected chi connectivity index (χ2v) is 7.18. The van der Waals surface area contributed by atoms with Crippen molar-refractivity contribution in [3.63, 3.8) is 0 Å². The van der Waals surface area contributed by atoms with Gasteiger partial charge in [0.15, 0.2) is 11.5 Å². The summed E-state index contributed by atoms with van der Waals surface area (Å²) < 4.78 is 11.4. The number of amides is 2. The molecule has 0 saturated carbocycles. The van der Waals surface area contributed by atoms with Crippen LogP contribution in [0, 0.1) is 0 Å². The van der Waals surface area contributed by atoms with E-state index in [0.29, 0.717) is 37.7 Å². The van der Waals surface area contributed by atoms with Gasteiger partial charge in [0.2, 0.25) is 12.0 Å². The van der Waals surface area contributed by atoms with Crippen LogP contribution in [0.4, 0.5) is 0 Å². The fourth-order valence-corrected chi connectivity index (χ4v) is 3.76. The number of ether oxygens (including phenoxy) is 2. The first kappa shape index (κ1) is 17.6. The summed E-state index contributed by atoms with van der Waals surface area (Å²) in [5.41, 5.74) is 1.02. The van der Waals surface area contributed by atoms with Crippen LogP contribution in [0.3, 0.4) is 0 Å². The number of carbonyl (C=O) groups is 2. The number of para-hydroxylation sites is 2. The van der Waals surface area contributed by atoms with E-state index in [0.717, 1.165) is 5.56 Å². The van der Waals surface area contributed by atoms with Gasteiger partial charge in [0, 0.05) is 32.3 Å². The van der Waals surface area contributed by atoms with Crippen molar-refractivity contribution in [2.24, 2.45) is 0 Å². The molecule has 0 bridgehead atoms. The Balaban J connectivity index is 1.30. The van der Waals surface area contributed by atoms with E-state index in [1.807, 2.05) is 41.1 Å². The van der Waals surface area contributed by atoms with Crippen molar-refractivity contribution >= 4 is 29.2 Å². The number of nitrogens with zero attached hydrogens (tertiary/aromatic N) is 2. The molecule has 3 heterocycles. The summed E-state index contributed by atoms with van der Waals surface area (Å²) in [5, 5.41) is 3.97. The van der Waals surface area contributed by atoms with Crippen LogP contribution in [0.2, 0.25) is 0 Å². The van der Waals surface area contributed by atoms with Crippen molar-refractivity contribution in [2.45, 2.75) is 6.10 Å². The summed E-state index contributed by atoms with van der Waals surface area (Å²) in [7, 11) is 0. The fourth-order valence-electron chi connectivity index (χ4n) is 3.13. The van der Waals surface area contributed by atoms with Crippen LogP contribution in [-0.4, -0.2) is 60.5 Å². The second kappa shape index (κ2) is 7.84. The summed E-state index contributed by atoms with van der Waals surface area (Å²) in [5.74, 6) is 1.13. The van der Waals surface area contributed by atoms with Crippen molar-refractivity contribution < 1.29 is 19.1 Å². The molecule has 140 valence electrons. The molecular weight excluding hydrogens is 364 g/mol. The van der Waals surface area contributed by atoms with E-state index < -0.39 is 6.10 Å². The molecule has 0 spiro atoms.